The van der Waals surface area contributed by atoms with Crippen molar-refractivity contribution in [3.05, 3.63) is 11.6 Å². The largest absolute Gasteiger partial charge is 0.481 e. The van der Waals surface area contributed by atoms with Gasteiger partial charge in [-0.3, -0.25) is 19.2 Å². The number of allylic oxidation sites excluding steroid dienone is 1. The molecule has 4 aliphatic rings. The number of hydrogen-bond acceptors (Lipinski definition) is 6. The van der Waals surface area contributed by atoms with E-state index in [-0.39, 0.29) is 60.4 Å². The molecule has 3 fully saturated rings. The number of aliphatic hydroxyl groups is 2. The molecule has 33 heavy (non-hydrogen) atoms. The van der Waals surface area contributed by atoms with Gasteiger partial charge in [-0.05, 0) is 74.7 Å². The molecule has 3 saturated carbocycles. The molecule has 7 nitrogen and oxygen atoms in total. The van der Waals surface area contributed by atoms with Crippen molar-refractivity contribution < 1.29 is 34.5 Å². The van der Waals surface area contributed by atoms with Crippen LogP contribution in [-0.4, -0.2) is 50.3 Å². The average molecular weight is 461 g/mol. The van der Waals surface area contributed by atoms with Crippen molar-refractivity contribution in [3.63, 3.8) is 0 Å². The summed E-state index contributed by atoms with van der Waals surface area (Å²) in [7, 11) is 0. The van der Waals surface area contributed by atoms with E-state index in [0.717, 1.165) is 18.4 Å². The molecule has 0 saturated heterocycles. The van der Waals surface area contributed by atoms with Crippen LogP contribution in [0.15, 0.2) is 11.6 Å². The first-order valence-electron chi connectivity index (χ1n) is 12.4. The minimum Gasteiger partial charge on any atom is -0.481 e. The third kappa shape index (κ3) is 3.72. The minimum atomic E-state index is -1.76. The fourth-order valence-corrected chi connectivity index (χ4v) is 7.81. The topological polar surface area (TPSA) is 129 Å². The zero-order valence-electron chi connectivity index (χ0n) is 19.6. The molecule has 4 rings (SSSR count). The van der Waals surface area contributed by atoms with Gasteiger partial charge in [-0.25, -0.2) is 0 Å². The van der Waals surface area contributed by atoms with Gasteiger partial charge < -0.3 is 15.3 Å². The summed E-state index contributed by atoms with van der Waals surface area (Å²) >= 11 is 0. The van der Waals surface area contributed by atoms with Gasteiger partial charge in [0, 0.05) is 30.6 Å². The lowest BCUT2D eigenvalue weighted by molar-refractivity contribution is -0.174. The quantitative estimate of drug-likeness (QED) is 0.498. The molecule has 0 aliphatic heterocycles. The highest BCUT2D eigenvalue weighted by atomic mass is 16.4. The van der Waals surface area contributed by atoms with E-state index in [1.54, 1.807) is 6.08 Å². The molecule has 0 aromatic heterocycles. The van der Waals surface area contributed by atoms with Gasteiger partial charge in [-0.1, -0.05) is 19.4 Å². The Labute approximate surface area is 194 Å². The lowest BCUT2D eigenvalue weighted by Gasteiger charge is -2.57. The Morgan fingerprint density at radius 1 is 1.12 bits per heavy atom. The Balaban J connectivity index is 1.55. The molecule has 0 bridgehead atoms. The normalized spacial score (nSPS) is 41.0. The lowest BCUT2D eigenvalue weighted by Crippen LogP contribution is -2.61. The van der Waals surface area contributed by atoms with Crippen LogP contribution in [0.3, 0.4) is 0 Å². The summed E-state index contributed by atoms with van der Waals surface area (Å²) in [6.45, 7) is 3.95. The highest BCUT2D eigenvalue weighted by Crippen LogP contribution is 2.66. The van der Waals surface area contributed by atoms with Gasteiger partial charge in [0.05, 0.1) is 0 Å². The van der Waals surface area contributed by atoms with Gasteiger partial charge in [-0.15, -0.1) is 0 Å². The standard InChI is InChI=1S/C26H36O7/c1-24-11-9-16(27)13-15(24)7-8-17-18-10-12-26(33,25(18,2)14-20(29)22(17)24)23(32)19(28)5-3-4-6-21(30)31/h13,17-19,22,28,33H,3-12,14H2,1-2H3,(H,30,31)/t17-,18-,19?,22+,24-,25-,26-/m0/s1. The van der Waals surface area contributed by atoms with E-state index in [2.05, 4.69) is 6.92 Å². The molecule has 0 spiro atoms. The first-order valence-corrected chi connectivity index (χ1v) is 12.4. The summed E-state index contributed by atoms with van der Waals surface area (Å²) in [6.07, 6.45) is 4.83. The average Bonchev–Trinajstić information content (AvgIpc) is 3.02. The second-order valence-electron chi connectivity index (χ2n) is 11.3. The van der Waals surface area contributed by atoms with Crippen molar-refractivity contribution in [3.8, 4) is 0 Å². The number of carbonyl (C=O) groups excluding carboxylic acids is 3. The summed E-state index contributed by atoms with van der Waals surface area (Å²) < 4.78 is 0. The highest BCUT2D eigenvalue weighted by Gasteiger charge is 2.68. The van der Waals surface area contributed by atoms with E-state index >= 15 is 0 Å². The Morgan fingerprint density at radius 2 is 1.85 bits per heavy atom. The molecular formula is C26H36O7. The van der Waals surface area contributed by atoms with Crippen molar-refractivity contribution in [1.82, 2.24) is 0 Å². The van der Waals surface area contributed by atoms with E-state index in [4.69, 9.17) is 5.11 Å². The van der Waals surface area contributed by atoms with Crippen LogP contribution >= 0.6 is 0 Å². The second-order valence-corrected chi connectivity index (χ2v) is 11.3. The third-order valence-corrected chi connectivity index (χ3v) is 9.64. The molecule has 0 amide bonds. The maximum atomic E-state index is 13.6. The maximum Gasteiger partial charge on any atom is 0.303 e. The number of ketones is 3. The molecule has 7 heteroatoms. The van der Waals surface area contributed by atoms with E-state index in [1.807, 2.05) is 6.92 Å². The minimum absolute atomic E-state index is 0.00404. The Morgan fingerprint density at radius 3 is 2.55 bits per heavy atom. The summed E-state index contributed by atoms with van der Waals surface area (Å²) in [5, 5.41) is 31.0. The SMILES string of the molecule is C[C@]12CCC(=O)C=C1CC[C@@H]1[C@@H]2C(=O)C[C@@]2(C)[C@H]1CC[C@]2(O)C(=O)C(O)CCCCC(=O)O. The maximum absolute atomic E-state index is 13.6. The van der Waals surface area contributed by atoms with Crippen LogP contribution < -0.4 is 0 Å². The fraction of sp³-hybridized carbons (Fsp3) is 0.769. The van der Waals surface area contributed by atoms with Gasteiger partial charge in [0.2, 0.25) is 0 Å². The summed E-state index contributed by atoms with van der Waals surface area (Å²) in [5.74, 6) is -1.48. The molecular weight excluding hydrogens is 424 g/mol. The number of carboxylic acids is 1. The Bertz CT molecular complexity index is 906. The van der Waals surface area contributed by atoms with Crippen molar-refractivity contribution in [2.24, 2.45) is 28.6 Å². The van der Waals surface area contributed by atoms with Crippen molar-refractivity contribution >= 4 is 23.3 Å². The molecule has 0 heterocycles. The van der Waals surface area contributed by atoms with Crippen molar-refractivity contribution in [2.75, 3.05) is 0 Å². The highest BCUT2D eigenvalue weighted by molar-refractivity contribution is 5.95. The van der Waals surface area contributed by atoms with Gasteiger partial charge in [0.25, 0.3) is 0 Å². The van der Waals surface area contributed by atoms with E-state index in [0.29, 0.717) is 32.1 Å². The van der Waals surface area contributed by atoms with Crippen LogP contribution in [-0.2, 0) is 19.2 Å². The number of aliphatic carboxylic acids is 1. The van der Waals surface area contributed by atoms with Crippen molar-refractivity contribution in [2.45, 2.75) is 96.2 Å². The van der Waals surface area contributed by atoms with Crippen LogP contribution in [0.4, 0.5) is 0 Å². The van der Waals surface area contributed by atoms with Crippen LogP contribution in [0, 0.1) is 28.6 Å². The van der Waals surface area contributed by atoms with E-state index in [1.165, 1.54) is 0 Å². The predicted octanol–water partition coefficient (Wildman–Crippen LogP) is 3.00. The lowest BCUT2D eigenvalue weighted by atomic mass is 9.45. The van der Waals surface area contributed by atoms with Gasteiger partial charge in [0.15, 0.2) is 11.6 Å². The van der Waals surface area contributed by atoms with Crippen molar-refractivity contribution in [1.29, 1.82) is 0 Å². The Kier molecular flexibility index (Phi) is 6.19. The monoisotopic (exact) mass is 460 g/mol. The zero-order chi connectivity index (χ0) is 24.2. The summed E-state index contributed by atoms with van der Waals surface area (Å²) in [6, 6.07) is 0. The van der Waals surface area contributed by atoms with Crippen LogP contribution in [0.5, 0.6) is 0 Å². The molecule has 0 aromatic rings. The molecule has 3 N–H and O–H groups in total. The number of unbranched alkanes of at least 4 members (excludes halogenated alkanes) is 1. The van der Waals surface area contributed by atoms with Gasteiger partial charge >= 0.3 is 5.97 Å². The first-order chi connectivity index (χ1) is 15.4. The van der Waals surface area contributed by atoms with Crippen LogP contribution in [0.25, 0.3) is 0 Å². The molecule has 7 atom stereocenters. The number of Topliss-reactive ketones (excluding diaryl/α,β-unsaturated/α-hetero) is 2. The van der Waals surface area contributed by atoms with Gasteiger partial charge in [-0.2, -0.15) is 0 Å². The fourth-order valence-electron chi connectivity index (χ4n) is 7.81. The smallest absolute Gasteiger partial charge is 0.303 e. The van der Waals surface area contributed by atoms with Crippen LogP contribution in [0.1, 0.15) is 84.5 Å². The first kappa shape index (κ1) is 24.3. The van der Waals surface area contributed by atoms with E-state index < -0.39 is 28.9 Å². The molecule has 182 valence electrons. The number of fused-ring (bicyclic) bond motifs is 5. The number of aliphatic hydroxyl groups excluding tert-OH is 1. The summed E-state index contributed by atoms with van der Waals surface area (Å²) in [4.78, 5) is 49.6. The number of rotatable bonds is 7. The zero-order valence-corrected chi connectivity index (χ0v) is 19.6. The number of carboxylic acid groups (broad SMARTS) is 1. The van der Waals surface area contributed by atoms with E-state index in [9.17, 15) is 29.4 Å². The number of carbonyl (C=O) groups is 4. The second kappa shape index (κ2) is 8.42. The predicted molar refractivity (Wildman–Crippen MR) is 119 cm³/mol. The Hall–Kier alpha value is -1.86. The number of hydrogen-bond donors (Lipinski definition) is 3. The molecule has 1 unspecified atom stereocenters. The third-order valence-electron chi connectivity index (χ3n) is 9.64. The molecule has 0 aromatic carbocycles. The van der Waals surface area contributed by atoms with Gasteiger partial charge in [0.1, 0.15) is 17.5 Å². The molecule has 0 radical (unpaired) electrons. The summed E-state index contributed by atoms with van der Waals surface area (Å²) in [5.41, 5.74) is -1.93. The van der Waals surface area contributed by atoms with Crippen LogP contribution in [0.2, 0.25) is 0 Å². The molecule has 4 aliphatic carbocycles.